The van der Waals surface area contributed by atoms with E-state index in [0.29, 0.717) is 11.6 Å². The van der Waals surface area contributed by atoms with E-state index in [1.807, 2.05) is 17.9 Å². The molecule has 1 aromatic heterocycles. The van der Waals surface area contributed by atoms with Crippen molar-refractivity contribution < 1.29 is 4.79 Å². The van der Waals surface area contributed by atoms with Crippen LogP contribution in [-0.2, 0) is 0 Å². The van der Waals surface area contributed by atoms with E-state index in [1.54, 1.807) is 0 Å². The average molecular weight is 264 g/mol. The summed E-state index contributed by atoms with van der Waals surface area (Å²) in [5, 5.41) is 7.09. The monoisotopic (exact) mass is 264 g/mol. The maximum absolute atomic E-state index is 12.5. The normalized spacial score (nSPS) is 21.7. The van der Waals surface area contributed by atoms with E-state index in [-0.39, 0.29) is 18.0 Å². The summed E-state index contributed by atoms with van der Waals surface area (Å²) in [7, 11) is 0. The van der Waals surface area contributed by atoms with Gasteiger partial charge in [0.1, 0.15) is 5.69 Å². The Balaban J connectivity index is 2.16. The first-order chi connectivity index (χ1) is 9.00. The van der Waals surface area contributed by atoms with Crippen molar-refractivity contribution in [1.82, 2.24) is 15.1 Å². The summed E-state index contributed by atoms with van der Waals surface area (Å²) in [6.07, 6.45) is 3.19. The van der Waals surface area contributed by atoms with E-state index in [0.717, 1.165) is 31.5 Å². The minimum atomic E-state index is 0.00477. The lowest BCUT2D eigenvalue weighted by atomic mass is 9.96. The molecule has 0 bridgehead atoms. The van der Waals surface area contributed by atoms with Crippen molar-refractivity contribution in [2.45, 2.75) is 58.0 Å². The maximum Gasteiger partial charge on any atom is 0.274 e. The highest BCUT2D eigenvalue weighted by atomic mass is 16.2. The lowest BCUT2D eigenvalue weighted by Gasteiger charge is -2.37. The second-order valence-corrected chi connectivity index (χ2v) is 5.78. The Bertz CT molecular complexity index is 438. The van der Waals surface area contributed by atoms with Crippen LogP contribution in [0.2, 0.25) is 0 Å². The Morgan fingerprint density at radius 3 is 2.79 bits per heavy atom. The zero-order chi connectivity index (χ0) is 14.0. The molecule has 1 amide bonds. The van der Waals surface area contributed by atoms with E-state index in [1.165, 1.54) is 0 Å². The Hall–Kier alpha value is -1.36. The molecule has 0 aliphatic carbocycles. The first-order valence-electron chi connectivity index (χ1n) is 7.12. The number of amides is 1. The van der Waals surface area contributed by atoms with E-state index >= 15 is 0 Å². The molecular weight excluding hydrogens is 240 g/mol. The molecule has 3 N–H and O–H groups in total. The molecular formula is C14H24N4O. The molecule has 0 spiro atoms. The molecule has 2 rings (SSSR count). The molecule has 2 atom stereocenters. The molecule has 1 aliphatic rings. The first-order valence-corrected chi connectivity index (χ1v) is 7.12. The summed E-state index contributed by atoms with van der Waals surface area (Å²) in [4.78, 5) is 14.4. The van der Waals surface area contributed by atoms with Gasteiger partial charge in [-0.05, 0) is 38.2 Å². The van der Waals surface area contributed by atoms with Gasteiger partial charge in [0.25, 0.3) is 5.91 Å². The molecule has 0 aromatic carbocycles. The molecule has 1 aromatic rings. The maximum atomic E-state index is 12.5. The van der Waals surface area contributed by atoms with Gasteiger partial charge in [-0.25, -0.2) is 0 Å². The number of nitrogens with one attached hydrogen (secondary N) is 1. The predicted molar refractivity (Wildman–Crippen MR) is 75.0 cm³/mol. The van der Waals surface area contributed by atoms with Crippen LogP contribution in [-0.4, -0.2) is 39.6 Å². The zero-order valence-corrected chi connectivity index (χ0v) is 12.0. The lowest BCUT2D eigenvalue weighted by Crippen LogP contribution is -2.51. The standard InChI is InChI=1S/C14H24N4O/c1-9(2)11-8-12(17-16-11)14(19)18-7-5-4-6-13(18)10(3)15/h8-10,13H,4-7,15H2,1-3H3,(H,16,17). The Labute approximate surface area is 114 Å². The van der Waals surface area contributed by atoms with Gasteiger partial charge in [-0.2, -0.15) is 5.10 Å². The van der Waals surface area contributed by atoms with E-state index in [2.05, 4.69) is 24.0 Å². The van der Waals surface area contributed by atoms with Crippen molar-refractivity contribution in [1.29, 1.82) is 0 Å². The number of likely N-dealkylation sites (tertiary alicyclic amines) is 1. The summed E-state index contributed by atoms with van der Waals surface area (Å²) < 4.78 is 0. The summed E-state index contributed by atoms with van der Waals surface area (Å²) >= 11 is 0. The number of nitrogens with two attached hydrogens (primary N) is 1. The van der Waals surface area contributed by atoms with Crippen LogP contribution in [0.4, 0.5) is 0 Å². The van der Waals surface area contributed by atoms with Crippen molar-refractivity contribution >= 4 is 5.91 Å². The van der Waals surface area contributed by atoms with Crippen molar-refractivity contribution in [2.75, 3.05) is 6.54 Å². The number of hydrogen-bond donors (Lipinski definition) is 2. The molecule has 1 saturated heterocycles. The summed E-state index contributed by atoms with van der Waals surface area (Å²) in [6, 6.07) is 2.01. The van der Waals surface area contributed by atoms with Crippen LogP contribution in [0.5, 0.6) is 0 Å². The number of nitrogens with zero attached hydrogens (tertiary/aromatic N) is 2. The van der Waals surface area contributed by atoms with E-state index < -0.39 is 0 Å². The third-order valence-electron chi connectivity index (χ3n) is 3.86. The quantitative estimate of drug-likeness (QED) is 0.875. The second-order valence-electron chi connectivity index (χ2n) is 5.78. The second kappa shape index (κ2) is 5.74. The number of hydrogen-bond acceptors (Lipinski definition) is 3. The van der Waals surface area contributed by atoms with E-state index in [4.69, 9.17) is 5.73 Å². The summed E-state index contributed by atoms with van der Waals surface area (Å²) in [5.41, 5.74) is 7.51. The number of aromatic nitrogens is 2. The topological polar surface area (TPSA) is 75.0 Å². The van der Waals surface area contributed by atoms with Gasteiger partial charge >= 0.3 is 0 Å². The van der Waals surface area contributed by atoms with Crippen LogP contribution < -0.4 is 5.73 Å². The number of piperidine rings is 1. The smallest absolute Gasteiger partial charge is 0.274 e. The fourth-order valence-corrected chi connectivity index (χ4v) is 2.65. The molecule has 0 radical (unpaired) electrons. The highest BCUT2D eigenvalue weighted by molar-refractivity contribution is 5.92. The molecule has 5 heteroatoms. The highest BCUT2D eigenvalue weighted by Gasteiger charge is 2.30. The van der Waals surface area contributed by atoms with Gasteiger partial charge in [-0.3, -0.25) is 9.89 Å². The molecule has 1 aliphatic heterocycles. The Morgan fingerprint density at radius 1 is 1.47 bits per heavy atom. The van der Waals surface area contributed by atoms with Crippen LogP contribution in [0.15, 0.2) is 6.07 Å². The fraction of sp³-hybridized carbons (Fsp3) is 0.714. The first kappa shape index (κ1) is 14.1. The van der Waals surface area contributed by atoms with Crippen LogP contribution in [0.1, 0.15) is 62.1 Å². The Kier molecular flexibility index (Phi) is 4.24. The largest absolute Gasteiger partial charge is 0.333 e. The van der Waals surface area contributed by atoms with Gasteiger partial charge in [0.2, 0.25) is 0 Å². The van der Waals surface area contributed by atoms with Crippen molar-refractivity contribution in [3.05, 3.63) is 17.5 Å². The number of rotatable bonds is 3. The van der Waals surface area contributed by atoms with Crippen LogP contribution in [0, 0.1) is 0 Å². The molecule has 5 nitrogen and oxygen atoms in total. The van der Waals surface area contributed by atoms with Gasteiger partial charge < -0.3 is 10.6 Å². The Morgan fingerprint density at radius 2 is 2.21 bits per heavy atom. The minimum Gasteiger partial charge on any atom is -0.333 e. The number of H-pyrrole nitrogens is 1. The molecule has 2 unspecified atom stereocenters. The van der Waals surface area contributed by atoms with Crippen LogP contribution in [0.25, 0.3) is 0 Å². The van der Waals surface area contributed by atoms with Crippen LogP contribution in [0.3, 0.4) is 0 Å². The number of carbonyl (C=O) groups is 1. The van der Waals surface area contributed by atoms with Gasteiger partial charge in [-0.1, -0.05) is 13.8 Å². The predicted octanol–water partition coefficient (Wildman–Crippen LogP) is 1.88. The van der Waals surface area contributed by atoms with Crippen molar-refractivity contribution in [3.63, 3.8) is 0 Å². The average Bonchev–Trinajstić information content (AvgIpc) is 2.87. The molecule has 1 fully saturated rings. The third-order valence-corrected chi connectivity index (χ3v) is 3.86. The minimum absolute atomic E-state index is 0.00477. The number of aromatic amines is 1. The molecule has 106 valence electrons. The summed E-state index contributed by atoms with van der Waals surface area (Å²) in [6.45, 7) is 6.91. The van der Waals surface area contributed by atoms with E-state index in [9.17, 15) is 4.79 Å². The fourth-order valence-electron chi connectivity index (χ4n) is 2.65. The van der Waals surface area contributed by atoms with Gasteiger partial charge in [0, 0.05) is 24.3 Å². The zero-order valence-electron chi connectivity index (χ0n) is 12.0. The van der Waals surface area contributed by atoms with Gasteiger partial charge in [0.15, 0.2) is 0 Å². The van der Waals surface area contributed by atoms with Crippen LogP contribution >= 0.6 is 0 Å². The number of carbonyl (C=O) groups excluding carboxylic acids is 1. The highest BCUT2D eigenvalue weighted by Crippen LogP contribution is 2.22. The van der Waals surface area contributed by atoms with Gasteiger partial charge in [-0.15, -0.1) is 0 Å². The summed E-state index contributed by atoms with van der Waals surface area (Å²) in [5.74, 6) is 0.352. The molecule has 2 heterocycles. The lowest BCUT2D eigenvalue weighted by molar-refractivity contribution is 0.0577. The van der Waals surface area contributed by atoms with Crippen molar-refractivity contribution in [2.24, 2.45) is 5.73 Å². The SMILES string of the molecule is CC(C)c1cc(C(=O)N2CCCCC2C(C)N)n[nH]1. The molecule has 0 saturated carbocycles. The third kappa shape index (κ3) is 2.97. The van der Waals surface area contributed by atoms with Crippen molar-refractivity contribution in [3.8, 4) is 0 Å². The van der Waals surface area contributed by atoms with Gasteiger partial charge in [0.05, 0.1) is 0 Å². The molecule has 19 heavy (non-hydrogen) atoms.